The highest BCUT2D eigenvalue weighted by atomic mass is 19.4. The van der Waals surface area contributed by atoms with Crippen LogP contribution in [0, 0.1) is 6.54 Å². The van der Waals surface area contributed by atoms with Crippen LogP contribution in [0.15, 0.2) is 18.5 Å². The van der Waals surface area contributed by atoms with Gasteiger partial charge in [-0.15, -0.1) is 0 Å². The molecule has 10 heavy (non-hydrogen) atoms. The van der Waals surface area contributed by atoms with Gasteiger partial charge < -0.3 is 0 Å². The number of halogens is 3. The second kappa shape index (κ2) is 2.32. The Morgan fingerprint density at radius 1 is 1.40 bits per heavy atom. The van der Waals surface area contributed by atoms with E-state index in [9.17, 15) is 13.2 Å². The van der Waals surface area contributed by atoms with E-state index in [4.69, 9.17) is 0 Å². The largest absolute Gasteiger partial charge is 0.413 e. The minimum Gasteiger partial charge on any atom is -0.258 e. The third-order valence-corrected chi connectivity index (χ3v) is 0.804. The molecule has 0 aliphatic rings. The van der Waals surface area contributed by atoms with Crippen molar-refractivity contribution in [2.75, 3.05) is 0 Å². The van der Waals surface area contributed by atoms with E-state index in [0.717, 1.165) is 0 Å². The molecule has 0 atom stereocenters. The average Bonchev–Trinajstić information content (AvgIpc) is 2.12. The second-order valence-corrected chi connectivity index (χ2v) is 1.66. The molecular weight excluding hydrogens is 145 g/mol. The average molecular weight is 149 g/mol. The Balaban J connectivity index is 2.57. The van der Waals surface area contributed by atoms with Crippen molar-refractivity contribution in [1.29, 1.82) is 0 Å². The van der Waals surface area contributed by atoms with Gasteiger partial charge in [0.1, 0.15) is 0 Å². The van der Waals surface area contributed by atoms with E-state index in [-0.39, 0.29) is 6.54 Å². The van der Waals surface area contributed by atoms with Crippen LogP contribution >= 0.6 is 0 Å². The number of aromatic nitrogens is 2. The highest BCUT2D eigenvalue weighted by molar-refractivity contribution is 4.85. The molecule has 0 bridgehead atoms. The maximum absolute atomic E-state index is 11.5. The van der Waals surface area contributed by atoms with Gasteiger partial charge in [-0.3, -0.25) is 4.68 Å². The molecule has 1 aromatic heterocycles. The van der Waals surface area contributed by atoms with Crippen LogP contribution in [0.3, 0.4) is 0 Å². The summed E-state index contributed by atoms with van der Waals surface area (Å²) in [6.45, 7) is 0.0764. The molecule has 1 aromatic rings. The summed E-state index contributed by atoms with van der Waals surface area (Å²) in [5, 5.41) is 3.34. The fraction of sp³-hybridized carbons (Fsp3) is 0.200. The Bertz CT molecular complexity index is 189. The molecule has 0 N–H and O–H groups in total. The van der Waals surface area contributed by atoms with E-state index in [1.54, 1.807) is 0 Å². The monoisotopic (exact) mass is 149 g/mol. The first-order chi connectivity index (χ1) is 4.58. The molecule has 0 aliphatic carbocycles. The summed E-state index contributed by atoms with van der Waals surface area (Å²) in [5.41, 5.74) is 0. The zero-order valence-corrected chi connectivity index (χ0v) is 4.84. The molecule has 0 saturated heterocycles. The van der Waals surface area contributed by atoms with Crippen molar-refractivity contribution in [2.24, 2.45) is 0 Å². The molecule has 1 heterocycles. The van der Waals surface area contributed by atoms with Crippen LogP contribution < -0.4 is 0 Å². The molecule has 55 valence electrons. The summed E-state index contributed by atoms with van der Waals surface area (Å²) in [5.74, 6) is 0. The van der Waals surface area contributed by atoms with Gasteiger partial charge in [-0.05, 0) is 6.07 Å². The minimum absolute atomic E-state index is 0.0764. The number of hydrogen-bond donors (Lipinski definition) is 0. The van der Waals surface area contributed by atoms with Gasteiger partial charge in [0.05, 0.1) is 0 Å². The molecule has 0 unspecified atom stereocenters. The molecule has 0 saturated carbocycles. The minimum atomic E-state index is -4.30. The zero-order chi connectivity index (χ0) is 7.61. The normalized spacial score (nSPS) is 11.9. The SMILES string of the molecule is FC(F)(F)[CH]n1cccn1. The molecule has 5 heteroatoms. The molecule has 0 spiro atoms. The predicted octanol–water partition coefficient (Wildman–Crippen LogP) is 1.46. The third-order valence-electron chi connectivity index (χ3n) is 0.804. The van der Waals surface area contributed by atoms with E-state index < -0.39 is 6.18 Å². The first kappa shape index (κ1) is 7.11. The van der Waals surface area contributed by atoms with Gasteiger partial charge in [0.2, 0.25) is 0 Å². The van der Waals surface area contributed by atoms with Crippen molar-refractivity contribution < 1.29 is 13.2 Å². The zero-order valence-electron chi connectivity index (χ0n) is 4.84. The predicted molar refractivity (Wildman–Crippen MR) is 28.0 cm³/mol. The molecule has 0 fully saturated rings. The summed E-state index contributed by atoms with van der Waals surface area (Å²) in [6.07, 6.45) is -1.80. The van der Waals surface area contributed by atoms with Crippen LogP contribution in [0.5, 0.6) is 0 Å². The van der Waals surface area contributed by atoms with Gasteiger partial charge in [-0.1, -0.05) is 0 Å². The highest BCUT2D eigenvalue weighted by Gasteiger charge is 2.28. The van der Waals surface area contributed by atoms with Crippen LogP contribution in [0.2, 0.25) is 0 Å². The second-order valence-electron chi connectivity index (χ2n) is 1.66. The number of rotatable bonds is 1. The van der Waals surface area contributed by atoms with Crippen molar-refractivity contribution in [2.45, 2.75) is 6.18 Å². The topological polar surface area (TPSA) is 17.8 Å². The Kier molecular flexibility index (Phi) is 1.65. The van der Waals surface area contributed by atoms with Crippen molar-refractivity contribution in [3.63, 3.8) is 0 Å². The molecule has 1 radical (unpaired) electrons. The third kappa shape index (κ3) is 2.08. The Labute approximate surface area is 55.3 Å². The van der Waals surface area contributed by atoms with Gasteiger partial charge in [-0.2, -0.15) is 18.3 Å². The first-order valence-electron chi connectivity index (χ1n) is 2.50. The van der Waals surface area contributed by atoms with Gasteiger partial charge in [0.15, 0.2) is 6.54 Å². The van der Waals surface area contributed by atoms with Gasteiger partial charge >= 0.3 is 6.18 Å². The quantitative estimate of drug-likeness (QED) is 0.591. The molecular formula is C5H4F3N2. The lowest BCUT2D eigenvalue weighted by Crippen LogP contribution is -2.14. The van der Waals surface area contributed by atoms with E-state index in [1.165, 1.54) is 18.5 Å². The Morgan fingerprint density at radius 3 is 2.50 bits per heavy atom. The lowest BCUT2D eigenvalue weighted by Gasteiger charge is -2.03. The molecule has 0 aliphatic heterocycles. The summed E-state index contributed by atoms with van der Waals surface area (Å²) in [4.78, 5) is 0. The molecule has 0 amide bonds. The number of nitrogens with zero attached hydrogens (tertiary/aromatic N) is 2. The van der Waals surface area contributed by atoms with Crippen molar-refractivity contribution in [3.8, 4) is 0 Å². The van der Waals surface area contributed by atoms with Crippen LogP contribution in [-0.4, -0.2) is 16.0 Å². The van der Waals surface area contributed by atoms with Crippen molar-refractivity contribution in [1.82, 2.24) is 9.78 Å². The fourth-order valence-electron chi connectivity index (χ4n) is 0.507. The Morgan fingerprint density at radius 2 is 2.10 bits per heavy atom. The van der Waals surface area contributed by atoms with E-state index in [2.05, 4.69) is 5.10 Å². The summed E-state index contributed by atoms with van der Waals surface area (Å²) < 4.78 is 35.2. The summed E-state index contributed by atoms with van der Waals surface area (Å²) >= 11 is 0. The van der Waals surface area contributed by atoms with E-state index in [0.29, 0.717) is 4.68 Å². The van der Waals surface area contributed by atoms with Gasteiger partial charge in [0, 0.05) is 12.4 Å². The van der Waals surface area contributed by atoms with Crippen LogP contribution in [0.25, 0.3) is 0 Å². The van der Waals surface area contributed by atoms with E-state index >= 15 is 0 Å². The summed E-state index contributed by atoms with van der Waals surface area (Å²) in [7, 11) is 0. The maximum atomic E-state index is 11.5. The standard InChI is InChI=1S/C5H4F3N2/c6-5(7,8)4-10-3-1-2-9-10/h1-4H. The molecule has 0 aromatic carbocycles. The lowest BCUT2D eigenvalue weighted by atomic mass is 10.6. The number of alkyl halides is 3. The van der Waals surface area contributed by atoms with E-state index in [1.807, 2.05) is 0 Å². The molecule has 2 nitrogen and oxygen atoms in total. The highest BCUT2D eigenvalue weighted by Crippen LogP contribution is 2.18. The van der Waals surface area contributed by atoms with Crippen LogP contribution in [-0.2, 0) is 0 Å². The fourth-order valence-corrected chi connectivity index (χ4v) is 0.507. The van der Waals surface area contributed by atoms with Crippen LogP contribution in [0.1, 0.15) is 0 Å². The van der Waals surface area contributed by atoms with Gasteiger partial charge in [-0.25, -0.2) is 0 Å². The van der Waals surface area contributed by atoms with Crippen molar-refractivity contribution >= 4 is 0 Å². The maximum Gasteiger partial charge on any atom is 0.413 e. The lowest BCUT2D eigenvalue weighted by molar-refractivity contribution is -0.102. The van der Waals surface area contributed by atoms with Gasteiger partial charge in [0.25, 0.3) is 0 Å². The van der Waals surface area contributed by atoms with Crippen molar-refractivity contribution in [3.05, 3.63) is 25.0 Å². The Hall–Kier alpha value is -1.00. The first-order valence-corrected chi connectivity index (χ1v) is 2.50. The van der Waals surface area contributed by atoms with Crippen LogP contribution in [0.4, 0.5) is 13.2 Å². The smallest absolute Gasteiger partial charge is 0.258 e. The molecule has 1 rings (SSSR count). The number of hydrogen-bond acceptors (Lipinski definition) is 1. The summed E-state index contributed by atoms with van der Waals surface area (Å²) in [6, 6.07) is 1.42.